The zero-order chi connectivity index (χ0) is 10.9. The van der Waals surface area contributed by atoms with Gasteiger partial charge in [-0.3, -0.25) is 0 Å². The van der Waals surface area contributed by atoms with E-state index in [4.69, 9.17) is 0 Å². The van der Waals surface area contributed by atoms with Gasteiger partial charge in [-0.15, -0.1) is 0 Å². The Morgan fingerprint density at radius 2 is 1.79 bits per heavy atom. The maximum atomic E-state index is 13.2. The maximum Gasteiger partial charge on any atom is 0.420 e. The Hall–Kier alpha value is -0.100. The molecule has 0 atom stereocenters. The molecule has 0 radical (unpaired) electrons. The van der Waals surface area contributed by atoms with Crippen LogP contribution in [-0.2, 0) is 11.5 Å². The third-order valence-corrected chi connectivity index (χ3v) is 2.86. The number of rotatable bonds is 1. The average Bonchev–Trinajstić information content (AvgIpc) is 2.02. The van der Waals surface area contributed by atoms with Gasteiger partial charge in [0.2, 0.25) is 0 Å². The van der Waals surface area contributed by atoms with Gasteiger partial charge in [0.1, 0.15) is 11.4 Å². The molecule has 0 N–H and O–H groups in total. The summed E-state index contributed by atoms with van der Waals surface area (Å²) >= 11 is 5.58. The fourth-order valence-electron chi connectivity index (χ4n) is 0.959. The van der Waals surface area contributed by atoms with Crippen molar-refractivity contribution in [3.63, 3.8) is 0 Å². The molecule has 0 bridgehead atoms. The van der Waals surface area contributed by atoms with Crippen LogP contribution in [0.25, 0.3) is 0 Å². The molecule has 0 amide bonds. The Kier molecular flexibility index (Phi) is 3.58. The maximum absolute atomic E-state index is 13.2. The standard InChI is InChI=1S/C8H4Br2F4/c9-3-4-1-2-5(10)6(7(4)11)8(12,13)14/h1-2H,3H2. The number of alkyl halides is 4. The highest BCUT2D eigenvalue weighted by Gasteiger charge is 2.37. The van der Waals surface area contributed by atoms with E-state index >= 15 is 0 Å². The molecule has 0 heterocycles. The second-order valence-corrected chi connectivity index (χ2v) is 3.94. The lowest BCUT2D eigenvalue weighted by Crippen LogP contribution is -2.10. The molecular weight excluding hydrogens is 332 g/mol. The van der Waals surface area contributed by atoms with Gasteiger partial charge >= 0.3 is 6.18 Å². The molecule has 78 valence electrons. The van der Waals surface area contributed by atoms with Crippen molar-refractivity contribution in [2.45, 2.75) is 11.5 Å². The monoisotopic (exact) mass is 334 g/mol. The fraction of sp³-hybridized carbons (Fsp3) is 0.250. The van der Waals surface area contributed by atoms with E-state index < -0.39 is 17.6 Å². The lowest BCUT2D eigenvalue weighted by atomic mass is 10.1. The van der Waals surface area contributed by atoms with Gasteiger partial charge in [0, 0.05) is 9.80 Å². The highest BCUT2D eigenvalue weighted by atomic mass is 79.9. The molecule has 0 unspecified atom stereocenters. The minimum atomic E-state index is -4.68. The summed E-state index contributed by atoms with van der Waals surface area (Å²) in [5, 5.41) is 0.0508. The van der Waals surface area contributed by atoms with Crippen LogP contribution in [0.2, 0.25) is 0 Å². The summed E-state index contributed by atoms with van der Waals surface area (Å²) in [7, 11) is 0. The molecule has 6 heteroatoms. The SMILES string of the molecule is Fc1c(CBr)ccc(Br)c1C(F)(F)F. The molecule has 0 saturated carbocycles. The van der Waals surface area contributed by atoms with Crippen LogP contribution in [0.1, 0.15) is 11.1 Å². The van der Waals surface area contributed by atoms with Gasteiger partial charge in [0.25, 0.3) is 0 Å². The van der Waals surface area contributed by atoms with Crippen LogP contribution in [0.4, 0.5) is 17.6 Å². The van der Waals surface area contributed by atoms with Crippen molar-refractivity contribution in [1.29, 1.82) is 0 Å². The van der Waals surface area contributed by atoms with Crippen molar-refractivity contribution in [2.75, 3.05) is 0 Å². The molecule has 0 aliphatic carbocycles. The second-order valence-electron chi connectivity index (χ2n) is 2.53. The Morgan fingerprint density at radius 1 is 1.21 bits per heavy atom. The minimum absolute atomic E-state index is 0.0134. The Labute approximate surface area is 94.6 Å². The summed E-state index contributed by atoms with van der Waals surface area (Å²) in [5.74, 6) is -1.23. The molecule has 0 aliphatic heterocycles. The lowest BCUT2D eigenvalue weighted by Gasteiger charge is -2.12. The Bertz CT molecular complexity index is 346. The zero-order valence-electron chi connectivity index (χ0n) is 6.63. The highest BCUT2D eigenvalue weighted by Crippen LogP contribution is 2.38. The number of halogens is 6. The molecule has 0 saturated heterocycles. The van der Waals surface area contributed by atoms with Gasteiger partial charge in [-0.2, -0.15) is 13.2 Å². The van der Waals surface area contributed by atoms with E-state index in [1.807, 2.05) is 0 Å². The van der Waals surface area contributed by atoms with Crippen LogP contribution in [0, 0.1) is 5.82 Å². The van der Waals surface area contributed by atoms with Crippen molar-refractivity contribution in [3.05, 3.63) is 33.5 Å². The smallest absolute Gasteiger partial charge is 0.206 e. The lowest BCUT2D eigenvalue weighted by molar-refractivity contribution is -0.140. The molecule has 0 spiro atoms. The van der Waals surface area contributed by atoms with Crippen LogP contribution >= 0.6 is 31.9 Å². The van der Waals surface area contributed by atoms with Gasteiger partial charge in [0.05, 0.1) is 0 Å². The molecule has 14 heavy (non-hydrogen) atoms. The van der Waals surface area contributed by atoms with Gasteiger partial charge in [0.15, 0.2) is 0 Å². The summed E-state index contributed by atoms with van der Waals surface area (Å²) in [6.45, 7) is 0. The molecule has 1 aromatic rings. The van der Waals surface area contributed by atoms with E-state index in [0.717, 1.165) is 0 Å². The zero-order valence-corrected chi connectivity index (χ0v) is 9.80. The Balaban J connectivity index is 3.40. The van der Waals surface area contributed by atoms with Crippen LogP contribution in [0.3, 0.4) is 0 Å². The molecular formula is C8H4Br2F4. The average molecular weight is 336 g/mol. The first-order chi connectivity index (χ1) is 6.38. The minimum Gasteiger partial charge on any atom is -0.206 e. The predicted molar refractivity (Wildman–Crippen MR) is 51.7 cm³/mol. The second kappa shape index (κ2) is 4.18. The fourth-order valence-corrected chi connectivity index (χ4v) is 1.92. The normalized spacial score (nSPS) is 11.9. The van der Waals surface area contributed by atoms with Gasteiger partial charge in [-0.05, 0) is 11.6 Å². The predicted octanol–water partition coefficient (Wildman–Crippen LogP) is 4.50. The molecule has 0 fully saturated rings. The summed E-state index contributed by atoms with van der Waals surface area (Å²) in [6.07, 6.45) is -4.68. The number of benzene rings is 1. The van der Waals surface area contributed by atoms with E-state index in [2.05, 4.69) is 31.9 Å². The summed E-state index contributed by atoms with van der Waals surface area (Å²) in [6, 6.07) is 2.48. The van der Waals surface area contributed by atoms with E-state index in [-0.39, 0.29) is 15.4 Å². The topological polar surface area (TPSA) is 0 Å². The molecule has 0 aromatic heterocycles. The molecule has 0 nitrogen and oxygen atoms in total. The number of hydrogen-bond acceptors (Lipinski definition) is 0. The highest BCUT2D eigenvalue weighted by molar-refractivity contribution is 9.10. The van der Waals surface area contributed by atoms with Gasteiger partial charge in [-0.25, -0.2) is 4.39 Å². The van der Waals surface area contributed by atoms with Crippen molar-refractivity contribution in [3.8, 4) is 0 Å². The van der Waals surface area contributed by atoms with E-state index in [9.17, 15) is 17.6 Å². The molecule has 1 rings (SSSR count). The first kappa shape index (κ1) is 12.0. The third-order valence-electron chi connectivity index (χ3n) is 1.60. The third kappa shape index (κ3) is 2.28. The van der Waals surface area contributed by atoms with Crippen LogP contribution in [0.5, 0.6) is 0 Å². The van der Waals surface area contributed by atoms with Crippen LogP contribution in [0.15, 0.2) is 16.6 Å². The van der Waals surface area contributed by atoms with Crippen molar-refractivity contribution in [2.24, 2.45) is 0 Å². The summed E-state index contributed by atoms with van der Waals surface area (Å²) in [5.41, 5.74) is -1.27. The van der Waals surface area contributed by atoms with Crippen molar-refractivity contribution >= 4 is 31.9 Å². The summed E-state index contributed by atoms with van der Waals surface area (Å²) < 4.78 is 50.0. The summed E-state index contributed by atoms with van der Waals surface area (Å²) in [4.78, 5) is 0. The van der Waals surface area contributed by atoms with Crippen molar-refractivity contribution in [1.82, 2.24) is 0 Å². The number of hydrogen-bond donors (Lipinski definition) is 0. The molecule has 1 aromatic carbocycles. The van der Waals surface area contributed by atoms with E-state index in [0.29, 0.717) is 0 Å². The van der Waals surface area contributed by atoms with E-state index in [1.165, 1.54) is 12.1 Å². The van der Waals surface area contributed by atoms with Crippen molar-refractivity contribution < 1.29 is 17.6 Å². The Morgan fingerprint density at radius 3 is 2.21 bits per heavy atom. The quantitative estimate of drug-likeness (QED) is 0.523. The van der Waals surface area contributed by atoms with Gasteiger partial charge in [-0.1, -0.05) is 37.9 Å². The largest absolute Gasteiger partial charge is 0.420 e. The molecule has 0 aliphatic rings. The van der Waals surface area contributed by atoms with Gasteiger partial charge < -0.3 is 0 Å². The van der Waals surface area contributed by atoms with E-state index in [1.54, 1.807) is 0 Å². The van der Waals surface area contributed by atoms with Crippen LogP contribution in [-0.4, -0.2) is 0 Å². The first-order valence-corrected chi connectivity index (χ1v) is 5.39. The first-order valence-electron chi connectivity index (χ1n) is 3.48. The van der Waals surface area contributed by atoms with Crippen LogP contribution < -0.4 is 0 Å².